The Morgan fingerprint density at radius 2 is 2.05 bits per heavy atom. The molecule has 2 rings (SSSR count). The molecule has 2 atom stereocenters. The minimum Gasteiger partial charge on any atom is -0.465 e. The summed E-state index contributed by atoms with van der Waals surface area (Å²) in [5, 5.41) is 2.61. The van der Waals surface area contributed by atoms with Gasteiger partial charge in [-0.15, -0.1) is 0 Å². The Hall–Kier alpha value is -1.95. The first kappa shape index (κ1) is 15.4. The zero-order valence-corrected chi connectivity index (χ0v) is 11.9. The largest absolute Gasteiger partial charge is 0.465 e. The maximum atomic E-state index is 13.4. The molecule has 3 N–H and O–H groups in total. The van der Waals surface area contributed by atoms with Gasteiger partial charge in [-0.25, -0.2) is 9.18 Å². The van der Waals surface area contributed by atoms with Gasteiger partial charge >= 0.3 is 5.97 Å². The van der Waals surface area contributed by atoms with Crippen molar-refractivity contribution in [2.75, 3.05) is 12.4 Å². The van der Waals surface area contributed by atoms with Gasteiger partial charge in [0, 0.05) is 6.04 Å². The molecule has 21 heavy (non-hydrogen) atoms. The van der Waals surface area contributed by atoms with Gasteiger partial charge in [0.2, 0.25) is 5.91 Å². The van der Waals surface area contributed by atoms with E-state index in [-0.39, 0.29) is 29.1 Å². The topological polar surface area (TPSA) is 81.4 Å². The SMILES string of the molecule is COC(=O)c1ccc(F)cc1NC(=O)C1CCCCC1N. The second-order valence-electron chi connectivity index (χ2n) is 5.23. The summed E-state index contributed by atoms with van der Waals surface area (Å²) in [4.78, 5) is 23.9. The van der Waals surface area contributed by atoms with E-state index in [2.05, 4.69) is 10.1 Å². The van der Waals surface area contributed by atoms with Gasteiger partial charge in [0.05, 0.1) is 24.3 Å². The number of halogens is 1. The highest BCUT2D eigenvalue weighted by Crippen LogP contribution is 2.26. The number of nitrogens with two attached hydrogens (primary N) is 1. The number of carbonyl (C=O) groups is 2. The fourth-order valence-corrected chi connectivity index (χ4v) is 2.62. The lowest BCUT2D eigenvalue weighted by molar-refractivity contribution is -0.121. The molecule has 5 nitrogen and oxygen atoms in total. The van der Waals surface area contributed by atoms with E-state index in [4.69, 9.17) is 5.73 Å². The van der Waals surface area contributed by atoms with E-state index in [1.807, 2.05) is 0 Å². The number of methoxy groups -OCH3 is 1. The molecule has 1 aromatic rings. The molecule has 1 aliphatic carbocycles. The lowest BCUT2D eigenvalue weighted by atomic mass is 9.84. The molecule has 0 aromatic heterocycles. The number of amides is 1. The highest BCUT2D eigenvalue weighted by molar-refractivity contribution is 6.02. The van der Waals surface area contributed by atoms with E-state index in [0.717, 1.165) is 31.4 Å². The molecule has 0 heterocycles. The number of carbonyl (C=O) groups excluding carboxylic acids is 2. The molecule has 1 saturated carbocycles. The van der Waals surface area contributed by atoms with Crippen molar-refractivity contribution in [3.8, 4) is 0 Å². The third kappa shape index (κ3) is 3.58. The summed E-state index contributed by atoms with van der Waals surface area (Å²) < 4.78 is 18.0. The predicted molar refractivity (Wildman–Crippen MR) is 76.3 cm³/mol. The summed E-state index contributed by atoms with van der Waals surface area (Å²) in [5.74, 6) is -1.75. The van der Waals surface area contributed by atoms with Crippen LogP contribution >= 0.6 is 0 Å². The molecular weight excluding hydrogens is 275 g/mol. The summed E-state index contributed by atoms with van der Waals surface area (Å²) in [6.45, 7) is 0. The number of esters is 1. The normalized spacial score (nSPS) is 21.7. The summed E-state index contributed by atoms with van der Waals surface area (Å²) >= 11 is 0. The van der Waals surface area contributed by atoms with Crippen molar-refractivity contribution >= 4 is 17.6 Å². The predicted octanol–water partition coefficient (Wildman–Crippen LogP) is 2.07. The minimum absolute atomic E-state index is 0.115. The minimum atomic E-state index is -0.627. The molecule has 1 fully saturated rings. The van der Waals surface area contributed by atoms with Crippen LogP contribution in [0.3, 0.4) is 0 Å². The van der Waals surface area contributed by atoms with Crippen molar-refractivity contribution < 1.29 is 18.7 Å². The molecule has 0 radical (unpaired) electrons. The molecule has 1 amide bonds. The molecule has 1 aromatic carbocycles. The second kappa shape index (κ2) is 6.67. The fraction of sp³-hybridized carbons (Fsp3) is 0.467. The van der Waals surface area contributed by atoms with E-state index in [9.17, 15) is 14.0 Å². The van der Waals surface area contributed by atoms with Crippen LogP contribution in [0.15, 0.2) is 18.2 Å². The molecule has 6 heteroatoms. The molecule has 114 valence electrons. The van der Waals surface area contributed by atoms with Crippen molar-refractivity contribution in [1.82, 2.24) is 0 Å². The maximum Gasteiger partial charge on any atom is 0.339 e. The fourth-order valence-electron chi connectivity index (χ4n) is 2.62. The van der Waals surface area contributed by atoms with Gasteiger partial charge in [-0.3, -0.25) is 4.79 Å². The zero-order chi connectivity index (χ0) is 15.4. The molecule has 1 aliphatic rings. The van der Waals surface area contributed by atoms with E-state index in [1.54, 1.807) is 0 Å². The maximum absolute atomic E-state index is 13.4. The van der Waals surface area contributed by atoms with Gasteiger partial charge in [0.15, 0.2) is 0 Å². The smallest absolute Gasteiger partial charge is 0.339 e. The number of benzene rings is 1. The van der Waals surface area contributed by atoms with Crippen molar-refractivity contribution in [1.29, 1.82) is 0 Å². The lowest BCUT2D eigenvalue weighted by Crippen LogP contribution is -2.40. The summed E-state index contributed by atoms with van der Waals surface area (Å²) in [7, 11) is 1.23. The van der Waals surface area contributed by atoms with Crippen LogP contribution in [0.5, 0.6) is 0 Å². The van der Waals surface area contributed by atoms with Crippen molar-refractivity contribution in [2.45, 2.75) is 31.7 Å². The Morgan fingerprint density at radius 3 is 2.71 bits per heavy atom. The third-order valence-corrected chi connectivity index (χ3v) is 3.80. The van der Waals surface area contributed by atoms with Gasteiger partial charge in [-0.2, -0.15) is 0 Å². The Labute approximate surface area is 122 Å². The average molecular weight is 294 g/mol. The second-order valence-corrected chi connectivity index (χ2v) is 5.23. The van der Waals surface area contributed by atoms with E-state index in [1.165, 1.54) is 13.2 Å². The molecule has 0 aliphatic heterocycles. The zero-order valence-electron chi connectivity index (χ0n) is 11.9. The number of nitrogens with one attached hydrogen (secondary N) is 1. The Bertz CT molecular complexity index is 548. The lowest BCUT2D eigenvalue weighted by Gasteiger charge is -2.27. The molecule has 2 unspecified atom stereocenters. The van der Waals surface area contributed by atoms with Crippen molar-refractivity contribution in [2.24, 2.45) is 11.7 Å². The summed E-state index contributed by atoms with van der Waals surface area (Å²) in [5.41, 5.74) is 6.20. The Balaban J connectivity index is 2.19. The van der Waals surface area contributed by atoms with Gasteiger partial charge < -0.3 is 15.8 Å². The van der Waals surface area contributed by atoms with E-state index >= 15 is 0 Å². The van der Waals surface area contributed by atoms with Gasteiger partial charge in [0.25, 0.3) is 0 Å². The molecular formula is C15H19FN2O3. The van der Waals surface area contributed by atoms with Crippen LogP contribution in [0, 0.1) is 11.7 Å². The standard InChI is InChI=1S/C15H19FN2O3/c1-21-15(20)11-7-6-9(16)8-13(11)18-14(19)10-4-2-3-5-12(10)17/h6-8,10,12H,2-5,17H2,1H3,(H,18,19). The monoisotopic (exact) mass is 294 g/mol. The number of hydrogen-bond acceptors (Lipinski definition) is 4. The van der Waals surface area contributed by atoms with Crippen LogP contribution in [0.25, 0.3) is 0 Å². The first-order valence-electron chi connectivity index (χ1n) is 6.97. The molecule has 0 bridgehead atoms. The Morgan fingerprint density at radius 1 is 1.33 bits per heavy atom. The van der Waals surface area contributed by atoms with Crippen molar-refractivity contribution in [3.05, 3.63) is 29.6 Å². The number of ether oxygens (including phenoxy) is 1. The molecule has 0 saturated heterocycles. The summed E-state index contributed by atoms with van der Waals surface area (Å²) in [6.07, 6.45) is 3.46. The van der Waals surface area contributed by atoms with Crippen LogP contribution in [-0.4, -0.2) is 25.0 Å². The first-order chi connectivity index (χ1) is 10.0. The third-order valence-electron chi connectivity index (χ3n) is 3.80. The first-order valence-corrected chi connectivity index (χ1v) is 6.97. The number of anilines is 1. The quantitative estimate of drug-likeness (QED) is 0.836. The number of hydrogen-bond donors (Lipinski definition) is 2. The highest BCUT2D eigenvalue weighted by atomic mass is 19.1. The van der Waals surface area contributed by atoms with Crippen LogP contribution in [0.4, 0.5) is 10.1 Å². The van der Waals surface area contributed by atoms with Crippen LogP contribution < -0.4 is 11.1 Å². The van der Waals surface area contributed by atoms with Crippen LogP contribution in [-0.2, 0) is 9.53 Å². The molecule has 0 spiro atoms. The van der Waals surface area contributed by atoms with Crippen LogP contribution in [0.1, 0.15) is 36.0 Å². The van der Waals surface area contributed by atoms with E-state index < -0.39 is 11.8 Å². The highest BCUT2D eigenvalue weighted by Gasteiger charge is 2.29. The van der Waals surface area contributed by atoms with Crippen molar-refractivity contribution in [3.63, 3.8) is 0 Å². The van der Waals surface area contributed by atoms with Gasteiger partial charge in [-0.05, 0) is 31.0 Å². The average Bonchev–Trinajstić information content (AvgIpc) is 2.47. The van der Waals surface area contributed by atoms with E-state index in [0.29, 0.717) is 6.42 Å². The number of rotatable bonds is 3. The Kier molecular flexibility index (Phi) is 4.90. The van der Waals surface area contributed by atoms with Gasteiger partial charge in [-0.1, -0.05) is 12.8 Å². The summed E-state index contributed by atoms with van der Waals surface area (Å²) in [6, 6.07) is 3.35. The van der Waals surface area contributed by atoms with Crippen LogP contribution in [0.2, 0.25) is 0 Å². The van der Waals surface area contributed by atoms with Gasteiger partial charge in [0.1, 0.15) is 5.82 Å².